The fourth-order valence-corrected chi connectivity index (χ4v) is 10.6. The molecule has 1 aromatic heterocycles. The number of hydrogen-bond donors (Lipinski definition) is 1. The molecular weight excluding hydrogens is 688 g/mol. The molecule has 4 aliphatic rings. The van der Waals surface area contributed by atoms with E-state index in [1.807, 2.05) is 78.9 Å². The zero-order chi connectivity index (χ0) is 35.9. The predicted molar refractivity (Wildman–Crippen MR) is 192 cm³/mol. The van der Waals surface area contributed by atoms with Crippen LogP contribution in [-0.4, -0.2) is 71.6 Å². The van der Waals surface area contributed by atoms with Gasteiger partial charge in [-0.3, -0.25) is 14.3 Å². The van der Waals surface area contributed by atoms with Crippen LogP contribution in [0.25, 0.3) is 0 Å². The third kappa shape index (κ3) is 6.19. The van der Waals surface area contributed by atoms with Crippen LogP contribution in [0.3, 0.4) is 0 Å². The third-order valence-electron chi connectivity index (χ3n) is 11.0. The lowest BCUT2D eigenvalue weighted by atomic mass is 9.80. The highest BCUT2D eigenvalue weighted by Crippen LogP contribution is 2.65. The van der Waals surface area contributed by atoms with Gasteiger partial charge in [0.05, 0.1) is 26.4 Å². The number of rotatable bonds is 11. The minimum Gasteiger partial charge on any atom is -0.497 e. The zero-order valence-corrected chi connectivity index (χ0v) is 30.1. The standard InChI is InChI=1S/C39H43FN3O8P/c1-46-29-16-12-27(13-17-29)39(26-9-4-3-5-10-26,28-14-18-30(47-2)19-15-28)48-25-31-35(34(40)36(49-31)42-24-20-33(44)41-37(42)45)50-52-43-23-8-11-32(43)38(51-52)21-6-7-22-38/h3-5,9-10,12-20,24,31-32,34-36H,6-8,11,21-23,25H2,1-2H3,(H,41,44,45)/t31-,32-,34-,35-,36-,52?/m1/s1. The van der Waals surface area contributed by atoms with Crippen LogP contribution in [0.5, 0.6) is 11.5 Å². The third-order valence-corrected chi connectivity index (χ3v) is 12.8. The van der Waals surface area contributed by atoms with E-state index in [1.54, 1.807) is 14.2 Å². The molecule has 1 spiro atoms. The second kappa shape index (κ2) is 14.5. The number of alkyl halides is 1. The number of hydrogen-bond acceptors (Lipinski definition) is 9. The van der Waals surface area contributed by atoms with Crippen LogP contribution >= 0.6 is 8.53 Å². The molecule has 52 heavy (non-hydrogen) atoms. The average Bonchev–Trinajstić information content (AvgIpc) is 3.97. The Balaban J connectivity index is 1.18. The van der Waals surface area contributed by atoms with Crippen molar-refractivity contribution in [2.75, 3.05) is 27.4 Å². The van der Waals surface area contributed by atoms with Gasteiger partial charge in [-0.05, 0) is 66.6 Å². The number of ether oxygens (including phenoxy) is 4. The number of fused-ring (bicyclic) bond motifs is 2. The molecule has 0 amide bonds. The fraction of sp³-hybridized carbons (Fsp3) is 0.436. The van der Waals surface area contributed by atoms with E-state index in [0.717, 1.165) is 66.3 Å². The first-order chi connectivity index (χ1) is 25.3. The molecule has 1 saturated carbocycles. The Morgan fingerprint density at radius 3 is 2.13 bits per heavy atom. The maximum atomic E-state index is 16.9. The molecule has 3 saturated heterocycles. The van der Waals surface area contributed by atoms with Gasteiger partial charge in [0.2, 0.25) is 0 Å². The number of H-pyrrole nitrogens is 1. The SMILES string of the molecule is COc1ccc(C(OC[C@H]2O[C@@H](n3ccc(=O)[nH]c3=O)[C@H](F)[C@@H]2OP2OC3(CCCC3)[C@H]3CCCN32)(c2ccccc2)c2ccc(OC)cc2)cc1. The van der Waals surface area contributed by atoms with Gasteiger partial charge >= 0.3 is 5.69 Å². The minimum atomic E-state index is -1.78. The molecule has 8 rings (SSSR count). The maximum Gasteiger partial charge on any atom is 0.330 e. The van der Waals surface area contributed by atoms with Crippen molar-refractivity contribution in [2.45, 2.75) is 80.4 Å². The van der Waals surface area contributed by atoms with Gasteiger partial charge in [0.1, 0.15) is 29.3 Å². The van der Waals surface area contributed by atoms with Crippen molar-refractivity contribution in [1.82, 2.24) is 14.2 Å². The average molecular weight is 732 g/mol. The first kappa shape index (κ1) is 35.1. The summed E-state index contributed by atoms with van der Waals surface area (Å²) in [5, 5.41) is 0. The summed E-state index contributed by atoms with van der Waals surface area (Å²) in [7, 11) is 1.62. The summed E-state index contributed by atoms with van der Waals surface area (Å²) >= 11 is 0. The number of benzene rings is 3. The largest absolute Gasteiger partial charge is 0.497 e. The summed E-state index contributed by atoms with van der Waals surface area (Å²) in [6, 6.07) is 26.5. The topological polar surface area (TPSA) is 113 Å². The van der Waals surface area contributed by atoms with Crippen LogP contribution in [-0.2, 0) is 24.1 Å². The van der Waals surface area contributed by atoms with Crippen molar-refractivity contribution < 1.29 is 32.4 Å². The van der Waals surface area contributed by atoms with Crippen LogP contribution in [0.4, 0.5) is 4.39 Å². The Kier molecular flexibility index (Phi) is 9.80. The number of methoxy groups -OCH3 is 2. The molecule has 11 nitrogen and oxygen atoms in total. The minimum absolute atomic E-state index is 0.121. The van der Waals surface area contributed by atoms with Crippen LogP contribution in [0, 0.1) is 0 Å². The molecule has 0 radical (unpaired) electrons. The molecule has 13 heteroatoms. The van der Waals surface area contributed by atoms with Gasteiger partial charge in [-0.2, -0.15) is 0 Å². The van der Waals surface area contributed by atoms with Gasteiger partial charge in [-0.1, -0.05) is 67.4 Å². The Hall–Kier alpha value is -3.90. The van der Waals surface area contributed by atoms with Crippen molar-refractivity contribution >= 4 is 8.53 Å². The Bertz CT molecular complexity index is 1910. The quantitative estimate of drug-likeness (QED) is 0.142. The van der Waals surface area contributed by atoms with Gasteiger partial charge in [0.15, 0.2) is 12.4 Å². The Morgan fingerprint density at radius 2 is 1.52 bits per heavy atom. The summed E-state index contributed by atoms with van der Waals surface area (Å²) in [6.07, 6.45) is 2.15. The predicted octanol–water partition coefficient (Wildman–Crippen LogP) is 6.22. The molecule has 3 aliphatic heterocycles. The molecule has 0 bridgehead atoms. The Labute approximate surface area is 302 Å². The van der Waals surface area contributed by atoms with E-state index in [4.69, 9.17) is 28.0 Å². The summed E-state index contributed by atoms with van der Waals surface area (Å²) in [4.78, 5) is 27.1. The van der Waals surface area contributed by atoms with E-state index >= 15 is 4.39 Å². The first-order valence-corrected chi connectivity index (χ1v) is 19.0. The van der Waals surface area contributed by atoms with E-state index in [9.17, 15) is 9.59 Å². The van der Waals surface area contributed by atoms with Crippen LogP contribution in [0.2, 0.25) is 0 Å². The summed E-state index contributed by atoms with van der Waals surface area (Å²) < 4.78 is 58.3. The summed E-state index contributed by atoms with van der Waals surface area (Å²) in [5.41, 5.74) is -0.400. The summed E-state index contributed by atoms with van der Waals surface area (Å²) in [5.74, 6) is 1.36. The molecule has 1 N–H and O–H groups in total. The van der Waals surface area contributed by atoms with E-state index in [0.29, 0.717) is 11.5 Å². The maximum absolute atomic E-state index is 16.9. The number of aromatic nitrogens is 2. The monoisotopic (exact) mass is 731 g/mol. The molecule has 6 atom stereocenters. The first-order valence-electron chi connectivity index (χ1n) is 17.9. The lowest BCUT2D eigenvalue weighted by molar-refractivity contribution is -0.0932. The normalized spacial score (nSPS) is 26.9. The zero-order valence-electron chi connectivity index (χ0n) is 29.2. The molecular formula is C39H43FN3O8P. The van der Waals surface area contributed by atoms with Gasteiger partial charge in [-0.15, -0.1) is 0 Å². The number of aromatic amines is 1. The molecule has 4 heterocycles. The fourth-order valence-electron chi connectivity index (χ4n) is 8.42. The number of nitrogens with one attached hydrogen (secondary N) is 1. The lowest BCUT2D eigenvalue weighted by Crippen LogP contribution is -2.40. The number of nitrogens with zero attached hydrogens (tertiary/aromatic N) is 2. The summed E-state index contributed by atoms with van der Waals surface area (Å²) in [6.45, 7) is 0.697. The van der Waals surface area contributed by atoms with Gasteiger partial charge < -0.3 is 28.0 Å². The van der Waals surface area contributed by atoms with Crippen LogP contribution < -0.4 is 20.7 Å². The molecule has 4 fully saturated rings. The van der Waals surface area contributed by atoms with Crippen molar-refractivity contribution in [3.63, 3.8) is 0 Å². The highest BCUT2D eigenvalue weighted by molar-refractivity contribution is 7.45. The van der Waals surface area contributed by atoms with Gasteiger partial charge in [0.25, 0.3) is 14.1 Å². The number of halogens is 1. The molecule has 1 unspecified atom stereocenters. The van der Waals surface area contributed by atoms with Crippen molar-refractivity contribution in [1.29, 1.82) is 0 Å². The molecule has 3 aromatic carbocycles. The van der Waals surface area contributed by atoms with E-state index in [1.165, 1.54) is 12.3 Å². The van der Waals surface area contributed by atoms with Crippen molar-refractivity contribution in [2.24, 2.45) is 0 Å². The van der Waals surface area contributed by atoms with E-state index in [-0.39, 0.29) is 18.2 Å². The van der Waals surface area contributed by atoms with Crippen molar-refractivity contribution in [3.05, 3.63) is 129 Å². The molecule has 1 aliphatic carbocycles. The Morgan fingerprint density at radius 1 is 0.885 bits per heavy atom. The molecule has 274 valence electrons. The molecule has 4 aromatic rings. The van der Waals surface area contributed by atoms with E-state index < -0.39 is 50.0 Å². The lowest BCUT2D eigenvalue weighted by Gasteiger charge is -2.37. The highest BCUT2D eigenvalue weighted by Gasteiger charge is 2.60. The van der Waals surface area contributed by atoms with Crippen LogP contribution in [0.15, 0.2) is 101 Å². The second-order valence-corrected chi connectivity index (χ2v) is 15.2. The van der Waals surface area contributed by atoms with Crippen molar-refractivity contribution in [3.8, 4) is 11.5 Å². The smallest absolute Gasteiger partial charge is 0.330 e. The second-order valence-electron chi connectivity index (χ2n) is 13.8. The van der Waals surface area contributed by atoms with Crippen LogP contribution in [0.1, 0.15) is 61.4 Å². The van der Waals surface area contributed by atoms with Gasteiger partial charge in [0, 0.05) is 24.8 Å². The van der Waals surface area contributed by atoms with Gasteiger partial charge in [-0.25, -0.2) is 13.9 Å². The van der Waals surface area contributed by atoms with E-state index in [2.05, 4.69) is 9.65 Å². The highest BCUT2D eigenvalue weighted by atomic mass is 31.2.